The van der Waals surface area contributed by atoms with Gasteiger partial charge in [-0.15, -0.1) is 11.3 Å². The molecule has 0 fully saturated rings. The van der Waals surface area contributed by atoms with Crippen molar-refractivity contribution < 1.29 is 18.8 Å². The van der Waals surface area contributed by atoms with E-state index < -0.39 is 12.0 Å². The lowest BCUT2D eigenvalue weighted by Gasteiger charge is -2.30. The van der Waals surface area contributed by atoms with Crippen molar-refractivity contribution in [2.45, 2.75) is 38.9 Å². The summed E-state index contributed by atoms with van der Waals surface area (Å²) in [5.41, 5.74) is 2.84. The van der Waals surface area contributed by atoms with Gasteiger partial charge < -0.3 is 15.5 Å². The first kappa shape index (κ1) is 24.6. The maximum Gasteiger partial charge on any atom is 0.261 e. The molecule has 0 unspecified atom stereocenters. The van der Waals surface area contributed by atoms with Crippen LogP contribution in [-0.2, 0) is 24.3 Å². The molecule has 3 amide bonds. The normalized spacial score (nSPS) is 13.7. The minimum absolute atomic E-state index is 0.150. The summed E-state index contributed by atoms with van der Waals surface area (Å²) in [6.45, 7) is 2.94. The van der Waals surface area contributed by atoms with Crippen LogP contribution in [-0.4, -0.2) is 50.4 Å². The highest BCUT2D eigenvalue weighted by Gasteiger charge is 2.29. The molecule has 1 aliphatic rings. The molecule has 11 heteroatoms. The summed E-state index contributed by atoms with van der Waals surface area (Å²) in [6, 6.07) is 9.29. The van der Waals surface area contributed by atoms with Gasteiger partial charge in [0, 0.05) is 41.7 Å². The fourth-order valence-electron chi connectivity index (χ4n) is 4.34. The molecular weight excluding hydrogens is 495 g/mol. The van der Waals surface area contributed by atoms with Gasteiger partial charge in [-0.25, -0.2) is 4.98 Å². The van der Waals surface area contributed by atoms with Crippen LogP contribution in [0.1, 0.15) is 49.4 Å². The molecule has 1 atom stereocenters. The van der Waals surface area contributed by atoms with E-state index >= 15 is 0 Å². The van der Waals surface area contributed by atoms with Gasteiger partial charge in [-0.2, -0.15) is 9.49 Å². The number of nitrogens with one attached hydrogen (secondary N) is 3. The summed E-state index contributed by atoms with van der Waals surface area (Å²) in [5, 5.41) is 13.3. The van der Waals surface area contributed by atoms with Crippen molar-refractivity contribution in [3.63, 3.8) is 0 Å². The van der Waals surface area contributed by atoms with Crippen LogP contribution in [0.3, 0.4) is 0 Å². The fraction of sp³-hybridized carbons (Fsp3) is 0.269. The van der Waals surface area contributed by atoms with Crippen LogP contribution in [0.25, 0.3) is 10.9 Å². The average Bonchev–Trinajstić information content (AvgIpc) is 3.56. The molecule has 0 saturated heterocycles. The Morgan fingerprint density at radius 1 is 1.19 bits per heavy atom. The Morgan fingerprint density at radius 3 is 2.86 bits per heavy atom. The van der Waals surface area contributed by atoms with Gasteiger partial charge in [0.2, 0.25) is 11.9 Å². The van der Waals surface area contributed by atoms with Crippen LogP contribution < -0.4 is 10.6 Å². The molecule has 1 aliphatic heterocycles. The number of carbonyl (C=O) groups excluding carboxylic acids is 3. The van der Waals surface area contributed by atoms with Crippen LogP contribution in [0.4, 0.5) is 4.39 Å². The number of aromatic amines is 1. The van der Waals surface area contributed by atoms with Gasteiger partial charge in [-0.05, 0) is 60.4 Å². The number of carbonyl (C=O) groups is 3. The summed E-state index contributed by atoms with van der Waals surface area (Å²) >= 11 is 1.41. The highest BCUT2D eigenvalue weighted by Crippen LogP contribution is 2.29. The topological polar surface area (TPSA) is 120 Å². The molecule has 190 valence electrons. The van der Waals surface area contributed by atoms with Gasteiger partial charge in [0.15, 0.2) is 0 Å². The molecule has 3 aromatic heterocycles. The predicted octanol–water partition coefficient (Wildman–Crippen LogP) is 3.18. The molecule has 3 N–H and O–H groups in total. The maximum atomic E-state index is 13.3. The van der Waals surface area contributed by atoms with Crippen LogP contribution in [0, 0.1) is 5.95 Å². The Hall–Kier alpha value is -4.12. The predicted molar refractivity (Wildman–Crippen MR) is 136 cm³/mol. The number of benzene rings is 1. The molecule has 0 radical (unpaired) electrons. The summed E-state index contributed by atoms with van der Waals surface area (Å²) in [4.78, 5) is 45.7. The highest BCUT2D eigenvalue weighted by atomic mass is 32.1. The van der Waals surface area contributed by atoms with Crippen LogP contribution in [0.15, 0.2) is 48.8 Å². The minimum atomic E-state index is -0.656. The molecule has 0 spiro atoms. The van der Waals surface area contributed by atoms with Crippen molar-refractivity contribution in [1.29, 1.82) is 0 Å². The van der Waals surface area contributed by atoms with Crippen LogP contribution in [0.5, 0.6) is 0 Å². The first-order chi connectivity index (χ1) is 17.9. The van der Waals surface area contributed by atoms with E-state index in [4.69, 9.17) is 0 Å². The van der Waals surface area contributed by atoms with E-state index in [0.717, 1.165) is 21.3 Å². The number of pyridine rings is 1. The quantitative estimate of drug-likeness (QED) is 0.323. The van der Waals surface area contributed by atoms with Crippen LogP contribution >= 0.6 is 11.3 Å². The SMILES string of the molecule is CC[C@@H](NC(=O)c1ccc2[nH]ncc2c1)C(=O)N1CCc2sc(C(=O)NCc3ccnc(F)c3)cc2C1. The third kappa shape index (κ3) is 5.36. The Morgan fingerprint density at radius 2 is 2.05 bits per heavy atom. The van der Waals surface area contributed by atoms with E-state index in [1.807, 2.05) is 13.0 Å². The molecule has 9 nitrogen and oxygen atoms in total. The first-order valence-corrected chi connectivity index (χ1v) is 12.8. The zero-order valence-electron chi connectivity index (χ0n) is 20.1. The van der Waals surface area contributed by atoms with Gasteiger partial charge in [-0.1, -0.05) is 6.92 Å². The lowest BCUT2D eigenvalue weighted by Crippen LogP contribution is -2.49. The van der Waals surface area contributed by atoms with Gasteiger partial charge in [0.05, 0.1) is 16.6 Å². The number of amides is 3. The average molecular weight is 521 g/mol. The molecule has 5 rings (SSSR count). The van der Waals surface area contributed by atoms with Crippen molar-refractivity contribution in [2.75, 3.05) is 6.54 Å². The molecule has 1 aromatic carbocycles. The number of nitrogens with zero attached hydrogens (tertiary/aromatic N) is 3. The molecule has 37 heavy (non-hydrogen) atoms. The number of halogens is 1. The second-order valence-corrected chi connectivity index (χ2v) is 9.98. The fourth-order valence-corrected chi connectivity index (χ4v) is 5.42. The van der Waals surface area contributed by atoms with E-state index in [2.05, 4.69) is 25.8 Å². The number of thiophene rings is 1. The number of fused-ring (bicyclic) bond motifs is 2. The number of H-pyrrole nitrogens is 1. The molecular formula is C26H25FN6O3S. The van der Waals surface area contributed by atoms with Crippen molar-refractivity contribution in [3.8, 4) is 0 Å². The minimum Gasteiger partial charge on any atom is -0.347 e. The second kappa shape index (κ2) is 10.5. The standard InChI is InChI=1S/C26H25FN6O3S/c1-2-19(31-24(34)16-3-4-20-17(10-16)13-30-32-20)26(36)33-8-6-21-18(14-33)11-22(37-21)25(35)29-12-15-5-7-28-23(27)9-15/h3-5,7,9-11,13,19H,2,6,8,12,14H2,1H3,(H,29,35)(H,30,32)(H,31,34)/t19-/m1/s1. The smallest absolute Gasteiger partial charge is 0.261 e. The van der Waals surface area contributed by atoms with Gasteiger partial charge >= 0.3 is 0 Å². The van der Waals surface area contributed by atoms with Crippen molar-refractivity contribution in [2.24, 2.45) is 0 Å². The van der Waals surface area contributed by atoms with Crippen LogP contribution in [0.2, 0.25) is 0 Å². The molecule has 0 aliphatic carbocycles. The van der Waals surface area contributed by atoms with E-state index in [1.165, 1.54) is 23.6 Å². The van der Waals surface area contributed by atoms with Gasteiger partial charge in [0.1, 0.15) is 6.04 Å². The van der Waals surface area contributed by atoms with Crippen molar-refractivity contribution >= 4 is 40.0 Å². The zero-order chi connectivity index (χ0) is 25.9. The largest absolute Gasteiger partial charge is 0.347 e. The number of aromatic nitrogens is 3. The number of hydrogen-bond donors (Lipinski definition) is 3. The summed E-state index contributed by atoms with van der Waals surface area (Å²) in [7, 11) is 0. The second-order valence-electron chi connectivity index (χ2n) is 8.84. The molecule has 0 saturated carbocycles. The molecule has 4 aromatic rings. The first-order valence-electron chi connectivity index (χ1n) is 11.9. The lowest BCUT2D eigenvalue weighted by molar-refractivity contribution is -0.134. The molecule has 4 heterocycles. The van der Waals surface area contributed by atoms with Gasteiger partial charge in [-0.3, -0.25) is 19.5 Å². The number of hydrogen-bond acceptors (Lipinski definition) is 6. The van der Waals surface area contributed by atoms with E-state index in [1.54, 1.807) is 35.4 Å². The van der Waals surface area contributed by atoms with E-state index in [-0.39, 0.29) is 24.3 Å². The summed E-state index contributed by atoms with van der Waals surface area (Å²) in [5.74, 6) is -1.31. The summed E-state index contributed by atoms with van der Waals surface area (Å²) < 4.78 is 13.3. The van der Waals surface area contributed by atoms with Crippen molar-refractivity contribution in [3.05, 3.63) is 81.2 Å². The lowest BCUT2D eigenvalue weighted by atomic mass is 10.1. The maximum absolute atomic E-state index is 13.3. The Bertz CT molecular complexity index is 1480. The Kier molecular flexibility index (Phi) is 6.95. The third-order valence-electron chi connectivity index (χ3n) is 6.36. The zero-order valence-corrected chi connectivity index (χ0v) is 20.9. The monoisotopic (exact) mass is 520 g/mol. The third-order valence-corrected chi connectivity index (χ3v) is 7.60. The molecule has 0 bridgehead atoms. The van der Waals surface area contributed by atoms with Gasteiger partial charge in [0.25, 0.3) is 11.8 Å². The summed E-state index contributed by atoms with van der Waals surface area (Å²) in [6.07, 6.45) is 4.09. The Labute approximate surface area is 216 Å². The highest BCUT2D eigenvalue weighted by molar-refractivity contribution is 7.14. The number of rotatable bonds is 7. The Balaban J connectivity index is 1.21. The van der Waals surface area contributed by atoms with Crippen molar-refractivity contribution in [1.82, 2.24) is 30.7 Å². The van der Waals surface area contributed by atoms with E-state index in [9.17, 15) is 18.8 Å². The van der Waals surface area contributed by atoms with E-state index in [0.29, 0.717) is 41.9 Å².